The van der Waals surface area contributed by atoms with E-state index in [0.717, 1.165) is 0 Å². The number of nitrogens with one attached hydrogen (secondary N) is 1. The minimum Gasteiger partial charge on any atom is -0.496 e. The molecule has 0 heterocycles. The fourth-order valence-corrected chi connectivity index (χ4v) is 1.49. The van der Waals surface area contributed by atoms with Crippen LogP contribution >= 0.6 is 0 Å². The van der Waals surface area contributed by atoms with Crippen LogP contribution in [0.4, 0.5) is 5.69 Å². The van der Waals surface area contributed by atoms with Crippen LogP contribution in [0.25, 0.3) is 0 Å². The van der Waals surface area contributed by atoms with E-state index in [4.69, 9.17) is 9.47 Å². The van der Waals surface area contributed by atoms with Gasteiger partial charge in [0.1, 0.15) is 5.75 Å². The van der Waals surface area contributed by atoms with E-state index in [1.54, 1.807) is 0 Å². The van der Waals surface area contributed by atoms with Crippen LogP contribution in [-0.4, -0.2) is 30.6 Å². The molecule has 1 amide bonds. The Morgan fingerprint density at radius 3 is 2.57 bits per heavy atom. The fraction of sp³-hybridized carbons (Fsp3) is 0.500. The average molecular weight is 296 g/mol. The Morgan fingerprint density at radius 2 is 2.05 bits per heavy atom. The zero-order chi connectivity index (χ0) is 16.0. The summed E-state index contributed by atoms with van der Waals surface area (Å²) in [6.07, 6.45) is 0. The van der Waals surface area contributed by atoms with Crippen LogP contribution in [-0.2, 0) is 4.79 Å². The van der Waals surface area contributed by atoms with Gasteiger partial charge in [0, 0.05) is 6.04 Å². The Kier molecular flexibility index (Phi) is 5.95. The summed E-state index contributed by atoms with van der Waals surface area (Å²) in [6, 6.07) is 4.21. The maximum Gasteiger partial charge on any atom is 0.314 e. The molecule has 0 bridgehead atoms. The molecule has 21 heavy (non-hydrogen) atoms. The van der Waals surface area contributed by atoms with Crippen molar-refractivity contribution in [2.24, 2.45) is 5.92 Å². The van der Waals surface area contributed by atoms with Crippen LogP contribution in [0.2, 0.25) is 0 Å². The third kappa shape index (κ3) is 4.94. The summed E-state index contributed by atoms with van der Waals surface area (Å²) in [5.74, 6) is 0.366. The summed E-state index contributed by atoms with van der Waals surface area (Å²) in [5, 5.41) is 13.7. The van der Waals surface area contributed by atoms with Crippen molar-refractivity contribution in [3.63, 3.8) is 0 Å². The van der Waals surface area contributed by atoms with Crippen molar-refractivity contribution < 1.29 is 19.2 Å². The molecule has 0 saturated heterocycles. The van der Waals surface area contributed by atoms with E-state index in [1.807, 2.05) is 20.8 Å². The van der Waals surface area contributed by atoms with Crippen molar-refractivity contribution in [2.45, 2.75) is 26.8 Å². The maximum atomic E-state index is 11.7. The average Bonchev–Trinajstić information content (AvgIpc) is 2.44. The summed E-state index contributed by atoms with van der Waals surface area (Å²) < 4.78 is 10.2. The first-order valence-electron chi connectivity index (χ1n) is 6.59. The first-order valence-corrected chi connectivity index (χ1v) is 6.59. The van der Waals surface area contributed by atoms with E-state index in [9.17, 15) is 14.9 Å². The standard InChI is InChI=1S/C14H20N2O5/c1-9(2)10(3)15-14(17)8-21-13-6-5-11(20-4)7-12(13)16(18)19/h5-7,9-10H,8H2,1-4H3,(H,15,17). The third-order valence-corrected chi connectivity index (χ3v) is 3.11. The van der Waals surface area contributed by atoms with Gasteiger partial charge >= 0.3 is 5.69 Å². The van der Waals surface area contributed by atoms with Crippen LogP contribution in [0.1, 0.15) is 20.8 Å². The summed E-state index contributed by atoms with van der Waals surface area (Å²) >= 11 is 0. The summed E-state index contributed by atoms with van der Waals surface area (Å²) in [7, 11) is 1.42. The van der Waals surface area contributed by atoms with E-state index in [2.05, 4.69) is 5.32 Å². The Balaban J connectivity index is 2.71. The van der Waals surface area contributed by atoms with E-state index >= 15 is 0 Å². The van der Waals surface area contributed by atoms with Crippen molar-refractivity contribution in [3.05, 3.63) is 28.3 Å². The van der Waals surface area contributed by atoms with Crippen LogP contribution < -0.4 is 14.8 Å². The molecule has 0 aliphatic rings. The summed E-state index contributed by atoms with van der Waals surface area (Å²) in [4.78, 5) is 22.1. The molecule has 1 aromatic rings. The monoisotopic (exact) mass is 296 g/mol. The highest BCUT2D eigenvalue weighted by Gasteiger charge is 2.18. The Hall–Kier alpha value is -2.31. The number of carbonyl (C=O) groups is 1. The fourth-order valence-electron chi connectivity index (χ4n) is 1.49. The lowest BCUT2D eigenvalue weighted by atomic mass is 10.1. The molecule has 1 unspecified atom stereocenters. The predicted molar refractivity (Wildman–Crippen MR) is 77.6 cm³/mol. The molecule has 0 aliphatic carbocycles. The highest BCUT2D eigenvalue weighted by Crippen LogP contribution is 2.30. The predicted octanol–water partition coefficient (Wildman–Crippen LogP) is 2.14. The first kappa shape index (κ1) is 16.7. The van der Waals surface area contributed by atoms with Crippen molar-refractivity contribution in [2.75, 3.05) is 13.7 Å². The van der Waals surface area contributed by atoms with Gasteiger partial charge in [0.2, 0.25) is 0 Å². The van der Waals surface area contributed by atoms with Gasteiger partial charge in [0.15, 0.2) is 12.4 Å². The molecule has 7 nitrogen and oxygen atoms in total. The van der Waals surface area contributed by atoms with Gasteiger partial charge in [-0.3, -0.25) is 14.9 Å². The van der Waals surface area contributed by atoms with Gasteiger partial charge in [-0.05, 0) is 25.0 Å². The Labute approximate surface area is 123 Å². The van der Waals surface area contributed by atoms with Gasteiger partial charge in [-0.1, -0.05) is 13.8 Å². The Morgan fingerprint density at radius 1 is 1.38 bits per heavy atom. The normalized spacial score (nSPS) is 11.9. The van der Waals surface area contributed by atoms with Crippen LogP contribution in [0, 0.1) is 16.0 Å². The molecule has 0 spiro atoms. The molecule has 1 rings (SSSR count). The number of nitro benzene ring substituents is 1. The number of benzene rings is 1. The summed E-state index contributed by atoms with van der Waals surface area (Å²) in [6.45, 7) is 5.59. The number of rotatable bonds is 7. The largest absolute Gasteiger partial charge is 0.496 e. The molecule has 1 atom stereocenters. The molecule has 116 valence electrons. The minimum atomic E-state index is -0.577. The van der Waals surface area contributed by atoms with Gasteiger partial charge in [-0.2, -0.15) is 0 Å². The molecule has 0 fully saturated rings. The molecule has 0 aliphatic heterocycles. The lowest BCUT2D eigenvalue weighted by Gasteiger charge is -2.17. The number of hydrogen-bond donors (Lipinski definition) is 1. The quantitative estimate of drug-likeness (QED) is 0.615. The van der Waals surface area contributed by atoms with Gasteiger partial charge < -0.3 is 14.8 Å². The van der Waals surface area contributed by atoms with Gasteiger partial charge in [0.25, 0.3) is 5.91 Å². The molecule has 0 aromatic heterocycles. The van der Waals surface area contributed by atoms with Crippen molar-refractivity contribution in [1.29, 1.82) is 0 Å². The molecule has 1 N–H and O–H groups in total. The van der Waals surface area contributed by atoms with E-state index in [1.165, 1.54) is 25.3 Å². The molecule has 1 aromatic carbocycles. The number of hydrogen-bond acceptors (Lipinski definition) is 5. The summed E-state index contributed by atoms with van der Waals surface area (Å²) in [5.41, 5.74) is -0.237. The zero-order valence-electron chi connectivity index (χ0n) is 12.6. The topological polar surface area (TPSA) is 90.7 Å². The number of amides is 1. The highest BCUT2D eigenvalue weighted by atomic mass is 16.6. The second kappa shape index (κ2) is 7.47. The van der Waals surface area contributed by atoms with Crippen LogP contribution in [0.3, 0.4) is 0 Å². The number of nitro groups is 1. The molecular weight excluding hydrogens is 276 g/mol. The van der Waals surface area contributed by atoms with Gasteiger partial charge in [-0.15, -0.1) is 0 Å². The SMILES string of the molecule is COc1ccc(OCC(=O)NC(C)C(C)C)c([N+](=O)[O-])c1. The van der Waals surface area contributed by atoms with Gasteiger partial charge in [0.05, 0.1) is 18.1 Å². The Bertz CT molecular complexity index is 516. The molecule has 0 saturated carbocycles. The number of nitrogens with zero attached hydrogens (tertiary/aromatic N) is 1. The molecule has 7 heteroatoms. The molecule has 0 radical (unpaired) electrons. The number of ether oxygens (including phenoxy) is 2. The first-order chi connectivity index (χ1) is 9.85. The molecular formula is C14H20N2O5. The van der Waals surface area contributed by atoms with E-state index < -0.39 is 4.92 Å². The van der Waals surface area contributed by atoms with Crippen molar-refractivity contribution in [1.82, 2.24) is 5.32 Å². The minimum absolute atomic E-state index is 0.00644. The number of methoxy groups -OCH3 is 1. The van der Waals surface area contributed by atoms with Crippen LogP contribution in [0.15, 0.2) is 18.2 Å². The lowest BCUT2D eigenvalue weighted by molar-refractivity contribution is -0.385. The third-order valence-electron chi connectivity index (χ3n) is 3.11. The van der Waals surface area contributed by atoms with E-state index in [-0.39, 0.29) is 30.0 Å². The zero-order valence-corrected chi connectivity index (χ0v) is 12.6. The maximum absolute atomic E-state index is 11.7. The smallest absolute Gasteiger partial charge is 0.314 e. The number of carbonyl (C=O) groups excluding carboxylic acids is 1. The second-order valence-corrected chi connectivity index (χ2v) is 4.98. The second-order valence-electron chi connectivity index (χ2n) is 4.98. The van der Waals surface area contributed by atoms with Gasteiger partial charge in [-0.25, -0.2) is 0 Å². The van der Waals surface area contributed by atoms with E-state index in [0.29, 0.717) is 11.7 Å². The van der Waals surface area contributed by atoms with Crippen molar-refractivity contribution in [3.8, 4) is 11.5 Å². The van der Waals surface area contributed by atoms with Crippen LogP contribution in [0.5, 0.6) is 11.5 Å². The lowest BCUT2D eigenvalue weighted by Crippen LogP contribution is -2.38. The highest BCUT2D eigenvalue weighted by molar-refractivity contribution is 5.78. The van der Waals surface area contributed by atoms with Crippen molar-refractivity contribution >= 4 is 11.6 Å².